The Morgan fingerprint density at radius 2 is 1.89 bits per heavy atom. The molecule has 2 rings (SSSR count). The molecule has 0 atom stereocenters. The van der Waals surface area contributed by atoms with E-state index in [9.17, 15) is 5.11 Å². The van der Waals surface area contributed by atoms with Gasteiger partial charge in [0.25, 0.3) is 0 Å². The maximum Gasteiger partial charge on any atom is 0.164 e. The van der Waals surface area contributed by atoms with Gasteiger partial charge in [0, 0.05) is 12.1 Å². The molecule has 18 heavy (non-hydrogen) atoms. The summed E-state index contributed by atoms with van der Waals surface area (Å²) in [6, 6.07) is 9.85. The quantitative estimate of drug-likeness (QED) is 0.872. The third-order valence-corrected chi connectivity index (χ3v) is 3.14. The summed E-state index contributed by atoms with van der Waals surface area (Å²) in [6.45, 7) is 5.08. The Labute approximate surface area is 108 Å². The van der Waals surface area contributed by atoms with E-state index in [0.717, 1.165) is 37.1 Å². The van der Waals surface area contributed by atoms with E-state index in [1.807, 2.05) is 41.9 Å². The molecule has 1 aromatic carbocycles. The van der Waals surface area contributed by atoms with Crippen molar-refractivity contribution in [1.82, 2.24) is 9.78 Å². The van der Waals surface area contributed by atoms with Crippen LogP contribution in [0.5, 0.6) is 5.75 Å². The van der Waals surface area contributed by atoms with Gasteiger partial charge in [-0.15, -0.1) is 0 Å². The maximum atomic E-state index is 10.3. The number of aromatic nitrogens is 2. The third kappa shape index (κ3) is 2.40. The van der Waals surface area contributed by atoms with E-state index in [4.69, 9.17) is 0 Å². The van der Waals surface area contributed by atoms with E-state index < -0.39 is 0 Å². The Bertz CT molecular complexity index is 503. The molecule has 0 fully saturated rings. The lowest BCUT2D eigenvalue weighted by Gasteiger charge is -2.03. The molecule has 0 aliphatic carbocycles. The number of unbranched alkanes of at least 4 members (excludes halogenated alkanes) is 1. The second-order valence-electron chi connectivity index (χ2n) is 4.44. The molecule has 0 radical (unpaired) electrons. The number of nitrogens with zero attached hydrogens (tertiary/aromatic N) is 2. The monoisotopic (exact) mass is 244 g/mol. The van der Waals surface area contributed by atoms with Gasteiger partial charge in [-0.05, 0) is 12.8 Å². The van der Waals surface area contributed by atoms with Crippen molar-refractivity contribution < 1.29 is 5.11 Å². The van der Waals surface area contributed by atoms with Gasteiger partial charge in [0.2, 0.25) is 0 Å². The molecule has 1 N–H and O–H groups in total. The van der Waals surface area contributed by atoms with Gasteiger partial charge in [-0.3, -0.25) is 4.68 Å². The van der Waals surface area contributed by atoms with Gasteiger partial charge < -0.3 is 5.11 Å². The van der Waals surface area contributed by atoms with Crippen LogP contribution >= 0.6 is 0 Å². The molecular formula is C15H20N2O. The Morgan fingerprint density at radius 1 is 1.17 bits per heavy atom. The summed E-state index contributed by atoms with van der Waals surface area (Å²) in [5.74, 6) is 0.333. The molecule has 0 amide bonds. The van der Waals surface area contributed by atoms with Crippen molar-refractivity contribution in [2.24, 2.45) is 0 Å². The van der Waals surface area contributed by atoms with Crippen LogP contribution in [0.15, 0.2) is 30.3 Å². The molecule has 96 valence electrons. The molecule has 0 aliphatic rings. The van der Waals surface area contributed by atoms with Crippen molar-refractivity contribution in [3.63, 3.8) is 0 Å². The van der Waals surface area contributed by atoms with Crippen LogP contribution in [-0.2, 0) is 13.0 Å². The van der Waals surface area contributed by atoms with E-state index >= 15 is 0 Å². The van der Waals surface area contributed by atoms with Crippen molar-refractivity contribution in [2.75, 3.05) is 0 Å². The maximum absolute atomic E-state index is 10.3. The average Bonchev–Trinajstić information content (AvgIpc) is 2.73. The minimum absolute atomic E-state index is 0.333. The number of hydrogen-bond donors (Lipinski definition) is 1. The first-order chi connectivity index (χ1) is 8.77. The fourth-order valence-corrected chi connectivity index (χ4v) is 2.12. The van der Waals surface area contributed by atoms with Crippen LogP contribution in [0.4, 0.5) is 0 Å². The van der Waals surface area contributed by atoms with Crippen LogP contribution in [0.25, 0.3) is 11.3 Å². The number of hydrogen-bond acceptors (Lipinski definition) is 2. The fourth-order valence-electron chi connectivity index (χ4n) is 2.12. The standard InChI is InChI=1S/C15H20N2O/c1-3-5-11-17-13(4-2)15(18)14(16-17)12-9-7-6-8-10-12/h6-10,18H,3-5,11H2,1-2H3. The van der Waals surface area contributed by atoms with Crippen LogP contribution in [0.1, 0.15) is 32.4 Å². The van der Waals surface area contributed by atoms with Crippen molar-refractivity contribution in [3.8, 4) is 17.0 Å². The van der Waals surface area contributed by atoms with Gasteiger partial charge in [0.15, 0.2) is 5.75 Å². The molecule has 1 heterocycles. The normalized spacial score (nSPS) is 10.8. The lowest BCUT2D eigenvalue weighted by molar-refractivity contribution is 0.463. The highest BCUT2D eigenvalue weighted by atomic mass is 16.3. The zero-order valence-electron chi connectivity index (χ0n) is 11.1. The first kappa shape index (κ1) is 12.7. The van der Waals surface area contributed by atoms with E-state index in [2.05, 4.69) is 12.0 Å². The highest BCUT2D eigenvalue weighted by Gasteiger charge is 2.16. The Balaban J connectivity index is 2.40. The van der Waals surface area contributed by atoms with Crippen molar-refractivity contribution >= 4 is 0 Å². The van der Waals surface area contributed by atoms with E-state index in [1.165, 1.54) is 0 Å². The Hall–Kier alpha value is -1.77. The van der Waals surface area contributed by atoms with Crippen molar-refractivity contribution in [3.05, 3.63) is 36.0 Å². The Morgan fingerprint density at radius 3 is 2.50 bits per heavy atom. The van der Waals surface area contributed by atoms with Crippen LogP contribution < -0.4 is 0 Å². The van der Waals surface area contributed by atoms with E-state index in [0.29, 0.717) is 11.4 Å². The highest BCUT2D eigenvalue weighted by molar-refractivity contribution is 5.67. The van der Waals surface area contributed by atoms with Gasteiger partial charge in [0.05, 0.1) is 5.69 Å². The molecule has 0 bridgehead atoms. The molecule has 3 nitrogen and oxygen atoms in total. The number of aromatic hydroxyl groups is 1. The first-order valence-electron chi connectivity index (χ1n) is 6.62. The second kappa shape index (κ2) is 5.71. The molecule has 0 unspecified atom stereocenters. The molecule has 0 aliphatic heterocycles. The van der Waals surface area contributed by atoms with Crippen LogP contribution in [0.2, 0.25) is 0 Å². The summed E-state index contributed by atoms with van der Waals surface area (Å²) < 4.78 is 1.95. The SMILES string of the molecule is CCCCn1nc(-c2ccccc2)c(O)c1CC. The molecule has 3 heteroatoms. The third-order valence-electron chi connectivity index (χ3n) is 3.14. The summed E-state index contributed by atoms with van der Waals surface area (Å²) in [7, 11) is 0. The first-order valence-corrected chi connectivity index (χ1v) is 6.62. The predicted octanol–water partition coefficient (Wildman–Crippen LogP) is 3.62. The van der Waals surface area contributed by atoms with Crippen molar-refractivity contribution in [2.45, 2.75) is 39.7 Å². The minimum Gasteiger partial charge on any atom is -0.504 e. The molecule has 0 saturated carbocycles. The smallest absolute Gasteiger partial charge is 0.164 e. The van der Waals surface area contributed by atoms with Crippen LogP contribution in [0, 0.1) is 0 Å². The van der Waals surface area contributed by atoms with Gasteiger partial charge in [0.1, 0.15) is 5.69 Å². The predicted molar refractivity (Wildman–Crippen MR) is 73.6 cm³/mol. The summed E-state index contributed by atoms with van der Waals surface area (Å²) in [5.41, 5.74) is 2.60. The topological polar surface area (TPSA) is 38.0 Å². The van der Waals surface area contributed by atoms with E-state index in [1.54, 1.807) is 0 Å². The summed E-state index contributed by atoms with van der Waals surface area (Å²) in [6.07, 6.45) is 3.02. The summed E-state index contributed by atoms with van der Waals surface area (Å²) >= 11 is 0. The number of benzene rings is 1. The fraction of sp³-hybridized carbons (Fsp3) is 0.400. The molecular weight excluding hydrogens is 224 g/mol. The Kier molecular flexibility index (Phi) is 4.03. The summed E-state index contributed by atoms with van der Waals surface area (Å²) in [5, 5.41) is 14.8. The lowest BCUT2D eigenvalue weighted by atomic mass is 10.1. The summed E-state index contributed by atoms with van der Waals surface area (Å²) in [4.78, 5) is 0. The van der Waals surface area contributed by atoms with Crippen LogP contribution in [-0.4, -0.2) is 14.9 Å². The number of rotatable bonds is 5. The zero-order valence-corrected chi connectivity index (χ0v) is 11.1. The largest absolute Gasteiger partial charge is 0.504 e. The van der Waals surface area contributed by atoms with Gasteiger partial charge in [-0.2, -0.15) is 5.10 Å². The molecule has 0 saturated heterocycles. The van der Waals surface area contributed by atoms with Gasteiger partial charge in [-0.25, -0.2) is 0 Å². The van der Waals surface area contributed by atoms with Crippen LogP contribution in [0.3, 0.4) is 0 Å². The second-order valence-corrected chi connectivity index (χ2v) is 4.44. The zero-order chi connectivity index (χ0) is 13.0. The molecule has 1 aromatic heterocycles. The van der Waals surface area contributed by atoms with Gasteiger partial charge >= 0.3 is 0 Å². The highest BCUT2D eigenvalue weighted by Crippen LogP contribution is 2.31. The molecule has 0 spiro atoms. The van der Waals surface area contributed by atoms with Crippen molar-refractivity contribution in [1.29, 1.82) is 0 Å². The van der Waals surface area contributed by atoms with Gasteiger partial charge in [-0.1, -0.05) is 50.6 Å². The minimum atomic E-state index is 0.333. The number of aryl methyl sites for hydroxylation is 1. The lowest BCUT2D eigenvalue weighted by Crippen LogP contribution is -2.04. The van der Waals surface area contributed by atoms with E-state index in [-0.39, 0.29) is 0 Å². The molecule has 2 aromatic rings. The average molecular weight is 244 g/mol.